The summed E-state index contributed by atoms with van der Waals surface area (Å²) in [6, 6.07) is 10.5. The van der Waals surface area contributed by atoms with Gasteiger partial charge in [-0.3, -0.25) is 0 Å². The van der Waals surface area contributed by atoms with E-state index in [9.17, 15) is 0 Å². The summed E-state index contributed by atoms with van der Waals surface area (Å²) < 4.78 is 0. The highest BCUT2D eigenvalue weighted by atomic mass is 32.2. The van der Waals surface area contributed by atoms with Gasteiger partial charge >= 0.3 is 0 Å². The fraction of sp³-hybridized carbons (Fsp3) is 0.429. The molecule has 0 saturated carbocycles. The lowest BCUT2D eigenvalue weighted by molar-refractivity contribution is -0.858. The first-order valence-electron chi connectivity index (χ1n) is 9.72. The molecule has 0 atom stereocenters. The second kappa shape index (κ2) is 8.59. The van der Waals surface area contributed by atoms with Crippen LogP contribution in [0.5, 0.6) is 0 Å². The Hall–Kier alpha value is -1.63. The number of benzene rings is 1. The molecular formula is C21H27N4S2+. The molecule has 0 amide bonds. The molecule has 1 aliphatic carbocycles. The van der Waals surface area contributed by atoms with Crippen LogP contribution in [0.3, 0.4) is 0 Å². The highest BCUT2D eigenvalue weighted by Crippen LogP contribution is 2.39. The molecule has 142 valence electrons. The Bertz CT molecular complexity index is 905. The highest BCUT2D eigenvalue weighted by Gasteiger charge is 2.22. The Balaban J connectivity index is 1.57. The molecule has 1 aliphatic rings. The second-order valence-electron chi connectivity index (χ2n) is 7.37. The topological polar surface area (TPSA) is 42.2 Å². The number of aromatic nitrogens is 2. The number of quaternary nitrogens is 1. The molecular weight excluding hydrogens is 372 g/mol. The average Bonchev–Trinajstić information content (AvgIpc) is 3.25. The lowest BCUT2D eigenvalue weighted by atomic mass is 10.2. The van der Waals surface area contributed by atoms with Crippen molar-refractivity contribution in [2.24, 2.45) is 0 Å². The molecule has 0 saturated heterocycles. The molecule has 2 aromatic heterocycles. The molecule has 2 heterocycles. The molecule has 0 spiro atoms. The summed E-state index contributed by atoms with van der Waals surface area (Å²) in [5.74, 6) is 2.79. The van der Waals surface area contributed by atoms with E-state index in [4.69, 9.17) is 9.97 Å². The minimum absolute atomic E-state index is 0.805. The third-order valence-electron chi connectivity index (χ3n) is 4.87. The quantitative estimate of drug-likeness (QED) is 0.450. The van der Waals surface area contributed by atoms with Crippen LogP contribution >= 0.6 is 23.1 Å². The molecule has 1 aromatic carbocycles. The van der Waals surface area contributed by atoms with Gasteiger partial charge in [0.1, 0.15) is 16.5 Å². The number of anilines is 1. The SMILES string of the molecule is C[NH+](C)CCCNc1nc(CSc2ccccc2)nc2sc3c(c12)CCC3. The highest BCUT2D eigenvalue weighted by molar-refractivity contribution is 7.98. The van der Waals surface area contributed by atoms with Crippen molar-refractivity contribution in [2.75, 3.05) is 32.5 Å². The first-order valence-corrected chi connectivity index (χ1v) is 11.5. The van der Waals surface area contributed by atoms with E-state index in [1.54, 1.807) is 11.8 Å². The zero-order valence-corrected chi connectivity index (χ0v) is 17.7. The number of hydrogen-bond acceptors (Lipinski definition) is 5. The molecule has 0 radical (unpaired) electrons. The number of aryl methyl sites for hydroxylation is 2. The zero-order valence-electron chi connectivity index (χ0n) is 16.0. The summed E-state index contributed by atoms with van der Waals surface area (Å²) in [5.41, 5.74) is 1.50. The molecule has 6 heteroatoms. The number of nitrogens with one attached hydrogen (secondary N) is 2. The van der Waals surface area contributed by atoms with Crippen LogP contribution in [0.25, 0.3) is 10.2 Å². The van der Waals surface area contributed by atoms with Crippen LogP contribution in [0.15, 0.2) is 35.2 Å². The van der Waals surface area contributed by atoms with E-state index in [1.165, 1.54) is 56.3 Å². The maximum Gasteiger partial charge on any atom is 0.142 e. The first kappa shape index (κ1) is 18.7. The number of rotatable bonds is 8. The third kappa shape index (κ3) is 4.45. The summed E-state index contributed by atoms with van der Waals surface area (Å²) in [6.07, 6.45) is 4.79. The predicted octanol–water partition coefficient (Wildman–Crippen LogP) is 3.42. The molecule has 0 aliphatic heterocycles. The van der Waals surface area contributed by atoms with Crippen LogP contribution in [-0.4, -0.2) is 37.2 Å². The van der Waals surface area contributed by atoms with Gasteiger partial charge in [0.15, 0.2) is 0 Å². The first-order chi connectivity index (χ1) is 13.2. The molecule has 0 fully saturated rings. The van der Waals surface area contributed by atoms with Gasteiger partial charge in [0.05, 0.1) is 31.8 Å². The van der Waals surface area contributed by atoms with E-state index >= 15 is 0 Å². The number of hydrogen-bond donors (Lipinski definition) is 2. The molecule has 3 aromatic rings. The monoisotopic (exact) mass is 399 g/mol. The molecule has 0 bridgehead atoms. The predicted molar refractivity (Wildman–Crippen MR) is 116 cm³/mol. The Morgan fingerprint density at radius 1 is 1.15 bits per heavy atom. The Kier molecular flexibility index (Phi) is 5.95. The van der Waals surface area contributed by atoms with E-state index < -0.39 is 0 Å². The van der Waals surface area contributed by atoms with E-state index in [2.05, 4.69) is 49.7 Å². The van der Waals surface area contributed by atoms with Crippen molar-refractivity contribution < 1.29 is 4.90 Å². The van der Waals surface area contributed by atoms with Gasteiger partial charge in [-0.05, 0) is 37.0 Å². The van der Waals surface area contributed by atoms with Crippen molar-refractivity contribution >= 4 is 39.1 Å². The van der Waals surface area contributed by atoms with Crippen LogP contribution in [-0.2, 0) is 18.6 Å². The van der Waals surface area contributed by atoms with Crippen molar-refractivity contribution in [3.63, 3.8) is 0 Å². The summed E-state index contributed by atoms with van der Waals surface area (Å²) in [4.78, 5) is 15.3. The average molecular weight is 400 g/mol. The molecule has 0 unspecified atom stereocenters. The fourth-order valence-corrected chi connectivity index (χ4v) is 5.60. The fourth-order valence-electron chi connectivity index (χ4n) is 3.55. The van der Waals surface area contributed by atoms with Crippen LogP contribution in [0, 0.1) is 0 Å². The Morgan fingerprint density at radius 2 is 2.00 bits per heavy atom. The summed E-state index contributed by atoms with van der Waals surface area (Å²) in [6.45, 7) is 2.13. The molecule has 27 heavy (non-hydrogen) atoms. The minimum Gasteiger partial charge on any atom is -0.369 e. The summed E-state index contributed by atoms with van der Waals surface area (Å²) in [5, 5.41) is 4.92. The number of thioether (sulfide) groups is 1. The molecule has 2 N–H and O–H groups in total. The molecule has 4 nitrogen and oxygen atoms in total. The van der Waals surface area contributed by atoms with Crippen molar-refractivity contribution in [1.82, 2.24) is 9.97 Å². The van der Waals surface area contributed by atoms with Gasteiger partial charge in [0.25, 0.3) is 0 Å². The van der Waals surface area contributed by atoms with Crippen molar-refractivity contribution in [3.05, 3.63) is 46.6 Å². The van der Waals surface area contributed by atoms with Crippen LogP contribution in [0.4, 0.5) is 5.82 Å². The van der Waals surface area contributed by atoms with E-state index in [-0.39, 0.29) is 0 Å². The van der Waals surface area contributed by atoms with Crippen molar-refractivity contribution in [2.45, 2.75) is 36.3 Å². The van der Waals surface area contributed by atoms with E-state index in [0.717, 1.165) is 30.4 Å². The number of nitrogens with zero attached hydrogens (tertiary/aromatic N) is 2. The van der Waals surface area contributed by atoms with Gasteiger partial charge in [-0.1, -0.05) is 18.2 Å². The lowest BCUT2D eigenvalue weighted by Crippen LogP contribution is -3.05. The van der Waals surface area contributed by atoms with Gasteiger partial charge in [0.2, 0.25) is 0 Å². The van der Waals surface area contributed by atoms with E-state index in [0.29, 0.717) is 0 Å². The molecule has 4 rings (SSSR count). The Morgan fingerprint density at radius 3 is 2.81 bits per heavy atom. The van der Waals surface area contributed by atoms with Crippen molar-refractivity contribution in [1.29, 1.82) is 0 Å². The summed E-state index contributed by atoms with van der Waals surface area (Å²) >= 11 is 3.68. The van der Waals surface area contributed by atoms with Crippen LogP contribution in [0.1, 0.15) is 29.1 Å². The standard InChI is InChI=1S/C21H26N4S2/c1-25(2)13-7-12-22-20-19-16-10-6-11-17(16)27-21(19)24-18(23-20)14-26-15-8-4-3-5-9-15/h3-5,8-9H,6-7,10-14H2,1-2H3,(H,22,23,24)/p+1. The van der Waals surface area contributed by atoms with E-state index in [1.807, 2.05) is 11.3 Å². The van der Waals surface area contributed by atoms with Gasteiger partial charge in [0, 0.05) is 22.7 Å². The summed E-state index contributed by atoms with van der Waals surface area (Å²) in [7, 11) is 4.40. The van der Waals surface area contributed by atoms with Crippen molar-refractivity contribution in [3.8, 4) is 0 Å². The third-order valence-corrected chi connectivity index (χ3v) is 7.06. The number of fused-ring (bicyclic) bond motifs is 3. The number of thiophene rings is 1. The largest absolute Gasteiger partial charge is 0.369 e. The maximum absolute atomic E-state index is 4.94. The maximum atomic E-state index is 4.94. The Labute approximate surface area is 169 Å². The lowest BCUT2D eigenvalue weighted by Gasteiger charge is -2.11. The smallest absolute Gasteiger partial charge is 0.142 e. The van der Waals surface area contributed by atoms with Gasteiger partial charge in [-0.25, -0.2) is 9.97 Å². The normalized spacial score (nSPS) is 13.4. The zero-order chi connectivity index (χ0) is 18.6. The van der Waals surface area contributed by atoms with Crippen LogP contribution < -0.4 is 10.2 Å². The van der Waals surface area contributed by atoms with Gasteiger partial charge in [-0.15, -0.1) is 23.1 Å². The van der Waals surface area contributed by atoms with Crippen LogP contribution in [0.2, 0.25) is 0 Å². The second-order valence-corrected chi connectivity index (χ2v) is 9.50. The van der Waals surface area contributed by atoms with Gasteiger partial charge < -0.3 is 10.2 Å². The van der Waals surface area contributed by atoms with Gasteiger partial charge in [-0.2, -0.15) is 0 Å². The minimum atomic E-state index is 0.805.